The molecule has 0 saturated heterocycles. The average Bonchev–Trinajstić information content (AvgIpc) is 3.50. The maximum absolute atomic E-state index is 13.5. The Kier molecular flexibility index (Phi) is 5.89. The van der Waals surface area contributed by atoms with Crippen LogP contribution in [-0.2, 0) is 23.6 Å². The van der Waals surface area contributed by atoms with E-state index < -0.39 is 15.6 Å². The number of pyridine rings is 1. The molecular formula is C28H23ClN6O3S. The molecule has 0 N–H and O–H groups in total. The summed E-state index contributed by atoms with van der Waals surface area (Å²) in [5.41, 5.74) is 3.71. The van der Waals surface area contributed by atoms with Crippen LogP contribution in [0.5, 0.6) is 0 Å². The van der Waals surface area contributed by atoms with Crippen molar-refractivity contribution in [3.8, 4) is 11.3 Å². The fourth-order valence-corrected chi connectivity index (χ4v) is 6.12. The number of benzene rings is 2. The molecule has 4 heterocycles. The molecule has 0 spiro atoms. The molecule has 0 saturated carbocycles. The zero-order chi connectivity index (χ0) is 27.5. The molecule has 0 fully saturated rings. The SMILES string of the molecule is Cc1ccc(S(=O)(=O)n2ccc3c(-c4cnc5nc(C)n(Cc6ccc(Cl)cc6)c5n4)cn(C)c(=O)c32)cc1. The first-order chi connectivity index (χ1) is 18.6. The van der Waals surface area contributed by atoms with E-state index in [9.17, 15) is 13.2 Å². The summed E-state index contributed by atoms with van der Waals surface area (Å²) in [6.07, 6.45) is 4.65. The van der Waals surface area contributed by atoms with Gasteiger partial charge in [0.2, 0.25) is 0 Å². The Morgan fingerprint density at radius 3 is 2.38 bits per heavy atom. The highest BCUT2D eigenvalue weighted by atomic mass is 35.5. The fraction of sp³-hybridized carbons (Fsp3) is 0.143. The van der Waals surface area contributed by atoms with E-state index in [0.717, 1.165) is 20.9 Å². The molecule has 0 aliphatic heterocycles. The van der Waals surface area contributed by atoms with Crippen LogP contribution in [0.25, 0.3) is 33.5 Å². The van der Waals surface area contributed by atoms with Gasteiger partial charge in [-0.2, -0.15) is 0 Å². The molecule has 4 aromatic heterocycles. The van der Waals surface area contributed by atoms with Crippen LogP contribution in [0.1, 0.15) is 17.0 Å². The standard InChI is InChI=1S/C28H23ClN6O3S/c1-17-4-10-21(11-5-17)39(37,38)35-13-12-22-23(16-33(3)28(36)25(22)35)24-14-30-26-27(32-24)34(18(2)31-26)15-19-6-8-20(29)9-7-19/h4-14,16H,15H2,1-3H3. The molecule has 0 atom stereocenters. The second kappa shape index (κ2) is 9.18. The van der Waals surface area contributed by atoms with Gasteiger partial charge in [0.25, 0.3) is 15.6 Å². The molecule has 0 aliphatic rings. The number of fused-ring (bicyclic) bond motifs is 2. The van der Waals surface area contributed by atoms with Crippen molar-refractivity contribution in [1.82, 2.24) is 28.1 Å². The summed E-state index contributed by atoms with van der Waals surface area (Å²) in [7, 11) is -2.42. The Morgan fingerprint density at radius 2 is 1.67 bits per heavy atom. The summed E-state index contributed by atoms with van der Waals surface area (Å²) in [6.45, 7) is 4.29. The summed E-state index contributed by atoms with van der Waals surface area (Å²) < 4.78 is 31.4. The zero-order valence-corrected chi connectivity index (χ0v) is 22.9. The molecule has 0 unspecified atom stereocenters. The van der Waals surface area contributed by atoms with Crippen LogP contribution in [-0.4, -0.2) is 36.5 Å². The zero-order valence-electron chi connectivity index (χ0n) is 21.3. The van der Waals surface area contributed by atoms with E-state index in [1.54, 1.807) is 37.6 Å². The van der Waals surface area contributed by atoms with Gasteiger partial charge in [0.1, 0.15) is 11.3 Å². The maximum Gasteiger partial charge on any atom is 0.275 e. The van der Waals surface area contributed by atoms with Gasteiger partial charge in [-0.25, -0.2) is 27.3 Å². The minimum absolute atomic E-state index is 0.0447. The van der Waals surface area contributed by atoms with E-state index >= 15 is 0 Å². The Bertz CT molecular complexity index is 2060. The molecule has 0 aliphatic carbocycles. The number of rotatable bonds is 5. The predicted octanol–water partition coefficient (Wildman–Crippen LogP) is 4.70. The van der Waals surface area contributed by atoms with E-state index in [1.807, 2.05) is 42.7 Å². The molecule has 196 valence electrons. The molecule has 6 aromatic rings. The fourth-order valence-electron chi connectivity index (χ4n) is 4.65. The third kappa shape index (κ3) is 4.21. The number of imidazole rings is 1. The van der Waals surface area contributed by atoms with Gasteiger partial charge in [-0.3, -0.25) is 4.79 Å². The summed E-state index contributed by atoms with van der Waals surface area (Å²) in [5.74, 6) is 0.748. The van der Waals surface area contributed by atoms with E-state index in [-0.39, 0.29) is 10.4 Å². The van der Waals surface area contributed by atoms with Crippen molar-refractivity contribution in [2.45, 2.75) is 25.3 Å². The van der Waals surface area contributed by atoms with Gasteiger partial charge < -0.3 is 9.13 Å². The highest BCUT2D eigenvalue weighted by Crippen LogP contribution is 2.29. The average molecular weight is 559 g/mol. The quantitative estimate of drug-likeness (QED) is 0.304. The molecule has 39 heavy (non-hydrogen) atoms. The van der Waals surface area contributed by atoms with Gasteiger partial charge in [-0.1, -0.05) is 41.4 Å². The topological polar surface area (TPSA) is 105 Å². The summed E-state index contributed by atoms with van der Waals surface area (Å²) in [5, 5.41) is 1.12. The first-order valence-corrected chi connectivity index (χ1v) is 13.9. The number of nitrogens with zero attached hydrogens (tertiary/aromatic N) is 6. The van der Waals surface area contributed by atoms with Crippen molar-refractivity contribution in [2.24, 2.45) is 7.05 Å². The summed E-state index contributed by atoms with van der Waals surface area (Å²) in [4.78, 5) is 27.3. The van der Waals surface area contributed by atoms with Crippen molar-refractivity contribution in [1.29, 1.82) is 0 Å². The molecule has 9 nitrogen and oxygen atoms in total. The van der Waals surface area contributed by atoms with Crippen LogP contribution in [0.2, 0.25) is 5.02 Å². The van der Waals surface area contributed by atoms with Crippen LogP contribution < -0.4 is 5.56 Å². The largest absolute Gasteiger partial charge is 0.316 e. The smallest absolute Gasteiger partial charge is 0.275 e. The van der Waals surface area contributed by atoms with Gasteiger partial charge in [-0.15, -0.1) is 0 Å². The number of hydrogen-bond acceptors (Lipinski definition) is 6. The van der Waals surface area contributed by atoms with E-state index in [0.29, 0.717) is 39.5 Å². The molecule has 11 heteroatoms. The Morgan fingerprint density at radius 1 is 0.949 bits per heavy atom. The lowest BCUT2D eigenvalue weighted by atomic mass is 10.1. The Balaban J connectivity index is 1.52. The molecule has 0 bridgehead atoms. The summed E-state index contributed by atoms with van der Waals surface area (Å²) in [6, 6.07) is 15.7. The lowest BCUT2D eigenvalue weighted by Crippen LogP contribution is -2.22. The number of hydrogen-bond donors (Lipinski definition) is 0. The number of aromatic nitrogens is 6. The third-order valence-corrected chi connectivity index (χ3v) is 8.69. The first kappa shape index (κ1) is 25.0. The number of halogens is 1. The van der Waals surface area contributed by atoms with Crippen LogP contribution in [0.4, 0.5) is 0 Å². The molecule has 6 rings (SSSR count). The highest BCUT2D eigenvalue weighted by Gasteiger charge is 2.24. The minimum Gasteiger partial charge on any atom is -0.316 e. The van der Waals surface area contributed by atoms with Gasteiger partial charge >= 0.3 is 0 Å². The maximum atomic E-state index is 13.5. The highest BCUT2D eigenvalue weighted by molar-refractivity contribution is 7.90. The van der Waals surface area contributed by atoms with Crippen molar-refractivity contribution in [3.05, 3.63) is 106 Å². The van der Waals surface area contributed by atoms with Gasteiger partial charge in [0.15, 0.2) is 11.3 Å². The lowest BCUT2D eigenvalue weighted by molar-refractivity contribution is 0.589. The molecule has 2 aromatic carbocycles. The van der Waals surface area contributed by atoms with Gasteiger partial charge in [0, 0.05) is 35.4 Å². The Labute approximate surface area is 229 Å². The summed E-state index contributed by atoms with van der Waals surface area (Å²) >= 11 is 6.05. The van der Waals surface area contributed by atoms with Crippen molar-refractivity contribution >= 4 is 43.8 Å². The van der Waals surface area contributed by atoms with Crippen LogP contribution in [0.3, 0.4) is 0 Å². The van der Waals surface area contributed by atoms with E-state index in [2.05, 4.69) is 9.97 Å². The first-order valence-electron chi connectivity index (χ1n) is 12.1. The van der Waals surface area contributed by atoms with Crippen LogP contribution >= 0.6 is 11.6 Å². The lowest BCUT2D eigenvalue weighted by Gasteiger charge is -2.11. The Hall–Kier alpha value is -4.28. The van der Waals surface area contributed by atoms with Crippen molar-refractivity contribution < 1.29 is 8.42 Å². The van der Waals surface area contributed by atoms with Crippen LogP contribution in [0.15, 0.2) is 82.9 Å². The van der Waals surface area contributed by atoms with Crippen LogP contribution in [0, 0.1) is 13.8 Å². The molecule has 0 amide bonds. The number of aryl methyl sites for hydroxylation is 3. The normalized spacial score (nSPS) is 12.0. The van der Waals surface area contributed by atoms with Crippen molar-refractivity contribution in [3.63, 3.8) is 0 Å². The van der Waals surface area contributed by atoms with Gasteiger partial charge in [-0.05, 0) is 49.7 Å². The minimum atomic E-state index is -4.01. The van der Waals surface area contributed by atoms with E-state index in [4.69, 9.17) is 16.6 Å². The van der Waals surface area contributed by atoms with Crippen molar-refractivity contribution in [2.75, 3.05) is 0 Å². The van der Waals surface area contributed by atoms with Gasteiger partial charge in [0.05, 0.1) is 23.3 Å². The molecular weight excluding hydrogens is 536 g/mol. The van der Waals surface area contributed by atoms with E-state index in [1.165, 1.54) is 22.9 Å². The molecule has 0 radical (unpaired) electrons. The second-order valence-electron chi connectivity index (χ2n) is 9.42. The monoisotopic (exact) mass is 558 g/mol. The second-order valence-corrected chi connectivity index (χ2v) is 11.7. The third-order valence-electron chi connectivity index (χ3n) is 6.75. The predicted molar refractivity (Wildman–Crippen MR) is 151 cm³/mol.